The van der Waals surface area contributed by atoms with Gasteiger partial charge in [0.15, 0.2) is 0 Å². The number of nitrogens with one attached hydrogen (secondary N) is 1. The summed E-state index contributed by atoms with van der Waals surface area (Å²) in [7, 11) is -3.09. The Morgan fingerprint density at radius 1 is 0.620 bits per heavy atom. The summed E-state index contributed by atoms with van der Waals surface area (Å²) >= 11 is 3.47. The van der Waals surface area contributed by atoms with Crippen LogP contribution in [0.3, 0.4) is 0 Å². The Balaban J connectivity index is 0.000000159. The first kappa shape index (κ1) is 36.6. The molecule has 4 atom stereocenters. The minimum absolute atomic E-state index is 0.211. The number of thiophene rings is 2. The largest absolute Gasteiger partial charge is 0.335 e. The molecule has 1 N–H and O–H groups in total. The minimum Gasteiger partial charge on any atom is -0.335 e. The van der Waals surface area contributed by atoms with Crippen molar-refractivity contribution in [3.63, 3.8) is 0 Å². The molecule has 6 heterocycles. The van der Waals surface area contributed by atoms with Crippen LogP contribution in [0.5, 0.6) is 0 Å². The van der Waals surface area contributed by atoms with E-state index in [4.69, 9.17) is 0 Å². The molecule has 50 heavy (non-hydrogen) atoms. The van der Waals surface area contributed by atoms with Crippen molar-refractivity contribution >= 4 is 44.5 Å². The highest BCUT2D eigenvalue weighted by Crippen LogP contribution is 2.39. The number of amides is 2. The molecule has 2 amide bonds. The first-order valence-electron chi connectivity index (χ1n) is 19.7. The van der Waals surface area contributed by atoms with Gasteiger partial charge in [0.25, 0.3) is 11.8 Å². The van der Waals surface area contributed by atoms with Crippen LogP contribution in [0.1, 0.15) is 145 Å². The van der Waals surface area contributed by atoms with Gasteiger partial charge in [0, 0.05) is 58.8 Å². The van der Waals surface area contributed by atoms with Crippen LogP contribution < -0.4 is 5.32 Å². The van der Waals surface area contributed by atoms with Gasteiger partial charge in [0.05, 0.1) is 17.4 Å². The highest BCUT2D eigenvalue weighted by Gasteiger charge is 2.38. The van der Waals surface area contributed by atoms with Gasteiger partial charge in [0.1, 0.15) is 0 Å². The van der Waals surface area contributed by atoms with E-state index in [0.29, 0.717) is 48.8 Å². The Morgan fingerprint density at radius 3 is 1.54 bits per heavy atom. The fourth-order valence-corrected chi connectivity index (χ4v) is 13.0. The van der Waals surface area contributed by atoms with E-state index in [9.17, 15) is 18.0 Å². The number of hydrogen-bond donors (Lipinski definition) is 1. The molecule has 2 aromatic rings. The van der Waals surface area contributed by atoms with Crippen molar-refractivity contribution in [1.82, 2.24) is 19.4 Å². The molecule has 4 aliphatic heterocycles. The number of likely N-dealkylation sites (tertiary alicyclic amines) is 2. The molecule has 2 aromatic heterocycles. The Bertz CT molecular complexity index is 1550. The van der Waals surface area contributed by atoms with Crippen LogP contribution in [0.2, 0.25) is 0 Å². The van der Waals surface area contributed by atoms with Crippen molar-refractivity contribution in [2.45, 2.75) is 127 Å². The second-order valence-corrected chi connectivity index (χ2v) is 19.8. The summed E-state index contributed by atoms with van der Waals surface area (Å²) in [4.78, 5) is 33.3. The molecule has 8 nitrogen and oxygen atoms in total. The number of nitrogens with zero attached hydrogens (tertiary/aromatic N) is 3. The normalized spacial score (nSPS) is 28.7. The summed E-state index contributed by atoms with van der Waals surface area (Å²) in [6, 6.07) is 5.25. The van der Waals surface area contributed by atoms with Crippen LogP contribution in [0.4, 0.5) is 0 Å². The monoisotopic (exact) mass is 742 g/mol. The lowest BCUT2D eigenvalue weighted by molar-refractivity contribution is 0.0386. The van der Waals surface area contributed by atoms with E-state index in [0.717, 1.165) is 68.9 Å². The highest BCUT2D eigenvalue weighted by molar-refractivity contribution is 7.88. The Labute approximate surface area is 308 Å². The number of carbonyl (C=O) groups is 2. The number of rotatable bonds is 5. The van der Waals surface area contributed by atoms with Crippen LogP contribution in [-0.2, 0) is 10.0 Å². The summed E-state index contributed by atoms with van der Waals surface area (Å²) in [5.41, 5.74) is 1.79. The molecule has 11 heteroatoms. The Hall–Kier alpha value is -1.79. The second-order valence-electron chi connectivity index (χ2n) is 15.9. The maximum atomic E-state index is 13.2. The van der Waals surface area contributed by atoms with Gasteiger partial charge in [0.2, 0.25) is 10.0 Å². The number of carbonyl (C=O) groups excluding carboxylic acids is 2. The molecule has 0 radical (unpaired) electrons. The average molecular weight is 743 g/mol. The average Bonchev–Trinajstić information content (AvgIpc) is 3.86. The maximum Gasteiger partial charge on any atom is 0.254 e. The molecule has 8 rings (SSSR count). The third kappa shape index (κ3) is 8.37. The molecule has 6 aliphatic rings. The van der Waals surface area contributed by atoms with Crippen molar-refractivity contribution in [3.05, 3.63) is 43.8 Å². The molecule has 4 saturated heterocycles. The standard InChI is InChI=1S/C20H30N2O3S2.C19H28N2OS/c1-27(24,25)21-11-8-16(9-12-21)19-13-17(14-26-19)20(23)22-10-4-6-15-5-2-3-7-18(15)22;22-19(21-11-3-5-14-4-1-2-6-17(14)21)16-12-18(23-13-16)15-7-9-20-10-8-15/h13-16,18H,2-12H2,1H3;12-15,17,20H,1-11H2. The summed E-state index contributed by atoms with van der Waals surface area (Å²) in [5.74, 6) is 3.02. The summed E-state index contributed by atoms with van der Waals surface area (Å²) in [6.45, 7) is 5.26. The molecule has 276 valence electrons. The first-order chi connectivity index (χ1) is 24.3. The highest BCUT2D eigenvalue weighted by atomic mass is 32.2. The van der Waals surface area contributed by atoms with Crippen molar-refractivity contribution in [3.8, 4) is 0 Å². The first-order valence-corrected chi connectivity index (χ1v) is 23.3. The molecule has 0 bridgehead atoms. The minimum atomic E-state index is -3.09. The number of piperidine rings is 4. The number of hydrogen-bond acceptors (Lipinski definition) is 7. The van der Waals surface area contributed by atoms with Crippen LogP contribution in [0.15, 0.2) is 22.9 Å². The van der Waals surface area contributed by atoms with E-state index in [1.807, 2.05) is 5.38 Å². The summed E-state index contributed by atoms with van der Waals surface area (Å²) < 4.78 is 25.0. The summed E-state index contributed by atoms with van der Waals surface area (Å²) in [5, 5.41) is 7.56. The smallest absolute Gasteiger partial charge is 0.254 e. The van der Waals surface area contributed by atoms with Crippen molar-refractivity contribution < 1.29 is 18.0 Å². The fourth-order valence-electron chi connectivity index (χ4n) is 10.0. The van der Waals surface area contributed by atoms with Gasteiger partial charge < -0.3 is 15.1 Å². The van der Waals surface area contributed by atoms with Gasteiger partial charge >= 0.3 is 0 Å². The summed E-state index contributed by atoms with van der Waals surface area (Å²) in [6.07, 6.45) is 20.6. The van der Waals surface area contributed by atoms with Gasteiger partial charge in [-0.05, 0) is 126 Å². The predicted molar refractivity (Wildman–Crippen MR) is 204 cm³/mol. The van der Waals surface area contributed by atoms with Crippen molar-refractivity contribution in [1.29, 1.82) is 0 Å². The molecular formula is C39H58N4O4S3. The topological polar surface area (TPSA) is 90.0 Å². The van der Waals surface area contributed by atoms with E-state index < -0.39 is 10.0 Å². The zero-order valence-corrected chi connectivity index (χ0v) is 32.5. The fraction of sp³-hybridized carbons (Fsp3) is 0.744. The molecule has 0 aromatic carbocycles. The number of sulfonamides is 1. The Morgan fingerprint density at radius 2 is 1.06 bits per heavy atom. The molecule has 0 spiro atoms. The van der Waals surface area contributed by atoms with Crippen molar-refractivity contribution in [2.24, 2.45) is 11.8 Å². The molecular weight excluding hydrogens is 685 g/mol. The maximum absolute atomic E-state index is 13.2. The van der Waals surface area contributed by atoms with Gasteiger partial charge in [-0.1, -0.05) is 25.7 Å². The van der Waals surface area contributed by atoms with Gasteiger partial charge in [-0.3, -0.25) is 9.59 Å². The lowest BCUT2D eigenvalue weighted by atomic mass is 9.78. The second kappa shape index (κ2) is 16.5. The number of fused-ring (bicyclic) bond motifs is 2. The SMILES string of the molecule is CS(=O)(=O)N1CCC(c2cc(C(=O)N3CCCC4CCCCC43)cs2)CC1.O=C(c1csc(C2CCNCC2)c1)N1CCCC2CCCCC21. The van der Waals surface area contributed by atoms with Gasteiger partial charge in [-0.2, -0.15) is 0 Å². The third-order valence-electron chi connectivity index (χ3n) is 12.8. The molecule has 6 fully saturated rings. The van der Waals surface area contributed by atoms with E-state index in [2.05, 4.69) is 32.6 Å². The van der Waals surface area contributed by atoms with E-state index >= 15 is 0 Å². The third-order valence-corrected chi connectivity index (χ3v) is 16.3. The quantitative estimate of drug-likeness (QED) is 0.340. The van der Waals surface area contributed by atoms with Crippen LogP contribution in [-0.4, -0.2) is 91.9 Å². The lowest BCUT2D eigenvalue weighted by Crippen LogP contribution is -2.49. The zero-order valence-electron chi connectivity index (χ0n) is 30.0. The molecule has 2 saturated carbocycles. The van der Waals surface area contributed by atoms with Crippen LogP contribution in [0.25, 0.3) is 0 Å². The lowest BCUT2D eigenvalue weighted by Gasteiger charge is -2.44. The van der Waals surface area contributed by atoms with Crippen molar-refractivity contribution in [2.75, 3.05) is 45.5 Å². The molecule has 2 aliphatic carbocycles. The van der Waals surface area contributed by atoms with Gasteiger partial charge in [-0.15, -0.1) is 22.7 Å². The van der Waals surface area contributed by atoms with E-state index in [-0.39, 0.29) is 5.91 Å². The van der Waals surface area contributed by atoms with Crippen LogP contribution >= 0.6 is 22.7 Å². The molecule has 4 unspecified atom stereocenters. The van der Waals surface area contributed by atoms with E-state index in [1.165, 1.54) is 93.1 Å². The van der Waals surface area contributed by atoms with Gasteiger partial charge in [-0.25, -0.2) is 12.7 Å². The Kier molecular flexibility index (Phi) is 12.1. The van der Waals surface area contributed by atoms with E-state index in [1.54, 1.807) is 27.0 Å². The predicted octanol–water partition coefficient (Wildman–Crippen LogP) is 7.69. The zero-order chi connectivity index (χ0) is 34.7. The van der Waals surface area contributed by atoms with Crippen LogP contribution in [0, 0.1) is 11.8 Å².